The molecule has 1 N–H and O–H groups in total. The average Bonchev–Trinajstić information content (AvgIpc) is 3.01. The Labute approximate surface area is 266 Å². The SMILES string of the molecule is CN(C)C1CCCCC1.COc1cc2c(cc1OC(C)C)[C@H](c1ccc(Cl)cc1)N(c1ccc(N(C)C(=O)O)cc1)C(=O)C2. The van der Waals surface area contributed by atoms with Crippen LogP contribution < -0.4 is 19.3 Å². The van der Waals surface area contributed by atoms with Crippen molar-refractivity contribution in [3.8, 4) is 11.5 Å². The van der Waals surface area contributed by atoms with Gasteiger partial charge in [-0.05, 0) is 106 Å². The molecule has 1 fully saturated rings. The highest BCUT2D eigenvalue weighted by Crippen LogP contribution is 2.44. The molecule has 2 aliphatic rings. The van der Waals surface area contributed by atoms with Crippen LogP contribution >= 0.6 is 11.6 Å². The molecule has 44 heavy (non-hydrogen) atoms. The van der Waals surface area contributed by atoms with E-state index in [1.807, 2.05) is 38.1 Å². The Morgan fingerprint density at radius 3 is 2.11 bits per heavy atom. The molecule has 1 aliphatic heterocycles. The van der Waals surface area contributed by atoms with Crippen LogP contribution in [0.3, 0.4) is 0 Å². The van der Waals surface area contributed by atoms with Gasteiger partial charge in [0.2, 0.25) is 5.91 Å². The molecule has 0 bridgehead atoms. The normalized spacial score (nSPS) is 16.7. The van der Waals surface area contributed by atoms with Gasteiger partial charge in [0.15, 0.2) is 11.5 Å². The summed E-state index contributed by atoms with van der Waals surface area (Å²) >= 11 is 6.16. The number of hydrogen-bond acceptors (Lipinski definition) is 5. The summed E-state index contributed by atoms with van der Waals surface area (Å²) in [7, 11) is 7.43. The lowest BCUT2D eigenvalue weighted by atomic mass is 9.86. The molecule has 1 saturated carbocycles. The van der Waals surface area contributed by atoms with Crippen molar-refractivity contribution in [2.75, 3.05) is 38.1 Å². The van der Waals surface area contributed by atoms with E-state index >= 15 is 0 Å². The summed E-state index contributed by atoms with van der Waals surface area (Å²) in [6.45, 7) is 3.89. The Morgan fingerprint density at radius 1 is 0.955 bits per heavy atom. The third-order valence-electron chi connectivity index (χ3n) is 8.24. The van der Waals surface area contributed by atoms with Crippen LogP contribution in [0.25, 0.3) is 0 Å². The van der Waals surface area contributed by atoms with Crippen LogP contribution in [0.4, 0.5) is 16.2 Å². The number of nitrogens with zero attached hydrogens (tertiary/aromatic N) is 3. The zero-order valence-electron chi connectivity index (χ0n) is 26.5. The standard InChI is InChI=1S/C27H27ClN2O5.C8H17N/c1-16(2)35-24-15-22-18(13-23(24)34-4)14-25(31)30(26(22)17-5-7-19(28)8-6-17)21-11-9-20(10-12-21)29(3)27(32)33;1-9(2)8-6-4-3-5-7-8/h5-13,15-16,26H,14H2,1-4H3,(H,32,33);8H,3-7H2,1-2H3/t26-;/m0./s1. The fraction of sp³-hybridized carbons (Fsp3) is 0.429. The molecule has 236 valence electrons. The highest BCUT2D eigenvalue weighted by Gasteiger charge is 2.36. The Balaban J connectivity index is 0.000000421. The van der Waals surface area contributed by atoms with Crippen LogP contribution in [-0.2, 0) is 11.2 Å². The van der Waals surface area contributed by atoms with Gasteiger partial charge in [-0.2, -0.15) is 0 Å². The van der Waals surface area contributed by atoms with E-state index in [2.05, 4.69) is 19.0 Å². The lowest BCUT2D eigenvalue weighted by Crippen LogP contribution is -2.41. The molecular weight excluding hydrogens is 578 g/mol. The van der Waals surface area contributed by atoms with E-state index in [9.17, 15) is 14.7 Å². The van der Waals surface area contributed by atoms with Crippen LogP contribution in [0, 0.1) is 0 Å². The summed E-state index contributed by atoms with van der Waals surface area (Å²) in [6, 6.07) is 18.6. The fourth-order valence-electron chi connectivity index (χ4n) is 5.87. The minimum atomic E-state index is -1.06. The van der Waals surface area contributed by atoms with Crippen LogP contribution in [0.1, 0.15) is 68.7 Å². The molecule has 3 aromatic rings. The van der Waals surface area contributed by atoms with Crippen molar-refractivity contribution < 1.29 is 24.2 Å². The molecule has 0 unspecified atom stereocenters. The number of benzene rings is 3. The molecule has 5 rings (SSSR count). The first kappa shape index (κ1) is 33.1. The van der Waals surface area contributed by atoms with E-state index in [-0.39, 0.29) is 18.4 Å². The Kier molecular flexibility index (Phi) is 11.2. The Hall–Kier alpha value is -3.75. The number of carboxylic acid groups (broad SMARTS) is 1. The number of amides is 2. The summed E-state index contributed by atoms with van der Waals surface area (Å²) < 4.78 is 11.6. The molecule has 3 aromatic carbocycles. The van der Waals surface area contributed by atoms with Crippen molar-refractivity contribution in [1.82, 2.24) is 4.90 Å². The largest absolute Gasteiger partial charge is 0.493 e. The van der Waals surface area contributed by atoms with Crippen molar-refractivity contribution in [2.45, 2.75) is 70.6 Å². The minimum absolute atomic E-state index is 0.0592. The Morgan fingerprint density at radius 2 is 1.59 bits per heavy atom. The first-order valence-corrected chi connectivity index (χ1v) is 15.6. The van der Waals surface area contributed by atoms with Crippen LogP contribution in [-0.4, -0.2) is 62.4 Å². The maximum atomic E-state index is 13.5. The van der Waals surface area contributed by atoms with Gasteiger partial charge in [0.05, 0.1) is 25.7 Å². The first-order chi connectivity index (χ1) is 21.0. The van der Waals surface area contributed by atoms with Gasteiger partial charge in [0.25, 0.3) is 0 Å². The van der Waals surface area contributed by atoms with E-state index < -0.39 is 12.1 Å². The quantitative estimate of drug-likeness (QED) is 0.290. The van der Waals surface area contributed by atoms with E-state index in [0.717, 1.165) is 27.6 Å². The number of fused-ring (bicyclic) bond motifs is 1. The molecule has 8 nitrogen and oxygen atoms in total. The summed E-state index contributed by atoms with van der Waals surface area (Å²) in [5.41, 5.74) is 3.84. The average molecular weight is 622 g/mol. The maximum Gasteiger partial charge on any atom is 0.411 e. The van der Waals surface area contributed by atoms with E-state index in [0.29, 0.717) is 27.9 Å². The van der Waals surface area contributed by atoms with Gasteiger partial charge in [-0.3, -0.25) is 9.69 Å². The number of ether oxygens (including phenoxy) is 2. The zero-order valence-corrected chi connectivity index (χ0v) is 27.3. The summed E-state index contributed by atoms with van der Waals surface area (Å²) in [4.78, 5) is 30.1. The van der Waals surface area contributed by atoms with Gasteiger partial charge in [-0.1, -0.05) is 43.0 Å². The molecule has 1 heterocycles. The van der Waals surface area contributed by atoms with Crippen LogP contribution in [0.5, 0.6) is 11.5 Å². The van der Waals surface area contributed by atoms with Crippen molar-refractivity contribution in [3.05, 3.63) is 82.4 Å². The molecule has 0 saturated heterocycles. The lowest BCUT2D eigenvalue weighted by molar-refractivity contribution is -0.118. The topological polar surface area (TPSA) is 82.6 Å². The molecule has 0 radical (unpaired) electrons. The van der Waals surface area contributed by atoms with Gasteiger partial charge in [-0.15, -0.1) is 0 Å². The highest BCUT2D eigenvalue weighted by atomic mass is 35.5. The second kappa shape index (κ2) is 14.8. The number of carbonyl (C=O) groups is 2. The van der Waals surface area contributed by atoms with Gasteiger partial charge < -0.3 is 24.4 Å². The van der Waals surface area contributed by atoms with Crippen molar-refractivity contribution in [2.24, 2.45) is 0 Å². The van der Waals surface area contributed by atoms with E-state index in [4.69, 9.17) is 21.1 Å². The third kappa shape index (κ3) is 7.85. The van der Waals surface area contributed by atoms with Crippen molar-refractivity contribution >= 4 is 35.0 Å². The second-order valence-corrected chi connectivity index (χ2v) is 12.3. The minimum Gasteiger partial charge on any atom is -0.493 e. The van der Waals surface area contributed by atoms with Crippen molar-refractivity contribution in [1.29, 1.82) is 0 Å². The van der Waals surface area contributed by atoms with Crippen LogP contribution in [0.2, 0.25) is 5.02 Å². The molecule has 1 atom stereocenters. The predicted molar refractivity (Wildman–Crippen MR) is 177 cm³/mol. The molecule has 0 spiro atoms. The second-order valence-electron chi connectivity index (χ2n) is 11.9. The molecule has 9 heteroatoms. The summed E-state index contributed by atoms with van der Waals surface area (Å²) in [5.74, 6) is 1.10. The monoisotopic (exact) mass is 621 g/mol. The highest BCUT2D eigenvalue weighted by molar-refractivity contribution is 6.30. The molecule has 0 aromatic heterocycles. The van der Waals surface area contributed by atoms with Gasteiger partial charge in [-0.25, -0.2) is 4.79 Å². The number of carbonyl (C=O) groups excluding carboxylic acids is 1. The first-order valence-electron chi connectivity index (χ1n) is 15.2. The number of halogens is 1. The number of hydrogen-bond donors (Lipinski definition) is 1. The Bertz CT molecular complexity index is 1420. The zero-order chi connectivity index (χ0) is 32.0. The smallest absolute Gasteiger partial charge is 0.411 e. The van der Waals surface area contributed by atoms with Crippen molar-refractivity contribution in [3.63, 3.8) is 0 Å². The number of anilines is 2. The lowest BCUT2D eigenvalue weighted by Gasteiger charge is -2.38. The van der Waals surface area contributed by atoms with E-state index in [1.54, 1.807) is 48.4 Å². The number of rotatable bonds is 7. The van der Waals surface area contributed by atoms with Gasteiger partial charge >= 0.3 is 6.09 Å². The van der Waals surface area contributed by atoms with E-state index in [1.165, 1.54) is 39.2 Å². The number of methoxy groups -OCH3 is 1. The summed E-state index contributed by atoms with van der Waals surface area (Å²) in [6.07, 6.45) is 6.27. The van der Waals surface area contributed by atoms with Gasteiger partial charge in [0.1, 0.15) is 0 Å². The fourth-order valence-corrected chi connectivity index (χ4v) is 6.00. The van der Waals surface area contributed by atoms with Gasteiger partial charge in [0, 0.05) is 29.5 Å². The summed E-state index contributed by atoms with van der Waals surface area (Å²) in [5, 5.41) is 9.88. The third-order valence-corrected chi connectivity index (χ3v) is 8.50. The van der Waals surface area contributed by atoms with Crippen LogP contribution in [0.15, 0.2) is 60.7 Å². The molecule has 2 amide bonds. The molecular formula is C35H44ClN3O5. The maximum absolute atomic E-state index is 13.5. The predicted octanol–water partition coefficient (Wildman–Crippen LogP) is 7.81. The molecule has 1 aliphatic carbocycles.